The van der Waals surface area contributed by atoms with Crippen LogP contribution in [0.15, 0.2) is 12.3 Å². The van der Waals surface area contributed by atoms with Gasteiger partial charge in [-0.3, -0.25) is 9.90 Å². The van der Waals surface area contributed by atoms with E-state index in [4.69, 9.17) is 4.84 Å². The van der Waals surface area contributed by atoms with Gasteiger partial charge in [-0.05, 0) is 33.8 Å². The molecule has 0 aromatic carbocycles. The van der Waals surface area contributed by atoms with E-state index in [0.717, 1.165) is 0 Å². The number of hydroxylamine groups is 2. The molecule has 58 valence electrons. The van der Waals surface area contributed by atoms with Gasteiger partial charge in [-0.2, -0.15) is 0 Å². The fraction of sp³-hybridized carbons (Fsp3) is 0.750. The van der Waals surface area contributed by atoms with Gasteiger partial charge in [0, 0.05) is 6.20 Å². The second-order valence-corrected chi connectivity index (χ2v) is 3.65. The molecule has 0 bridgehead atoms. The highest BCUT2D eigenvalue weighted by Gasteiger charge is 2.23. The van der Waals surface area contributed by atoms with Gasteiger partial charge in [0.25, 0.3) is 0 Å². The van der Waals surface area contributed by atoms with Gasteiger partial charge < -0.3 is 0 Å². The van der Waals surface area contributed by atoms with E-state index in [1.807, 2.05) is 24.3 Å². The van der Waals surface area contributed by atoms with E-state index in [1.54, 1.807) is 0 Å². The normalized spacial score (nSPS) is 26.0. The first-order valence-electron chi connectivity index (χ1n) is 3.64. The molecule has 0 aliphatic carbocycles. The Morgan fingerprint density at radius 3 is 2.20 bits per heavy atom. The summed E-state index contributed by atoms with van der Waals surface area (Å²) in [6.07, 6.45) is 4.27. The second-order valence-electron chi connectivity index (χ2n) is 3.65. The van der Waals surface area contributed by atoms with Crippen LogP contribution in [0.1, 0.15) is 27.7 Å². The lowest BCUT2D eigenvalue weighted by Gasteiger charge is -2.30. The molecule has 0 spiro atoms. The van der Waals surface area contributed by atoms with Crippen LogP contribution < -0.4 is 0 Å². The van der Waals surface area contributed by atoms with Gasteiger partial charge in [-0.25, -0.2) is 0 Å². The third-order valence-electron chi connectivity index (χ3n) is 1.43. The van der Waals surface area contributed by atoms with Gasteiger partial charge in [0.05, 0.1) is 5.54 Å². The van der Waals surface area contributed by atoms with E-state index in [0.29, 0.717) is 0 Å². The van der Waals surface area contributed by atoms with Crippen molar-refractivity contribution in [3.8, 4) is 0 Å². The second kappa shape index (κ2) is 2.27. The number of rotatable bonds is 0. The Morgan fingerprint density at radius 1 is 1.40 bits per heavy atom. The monoisotopic (exact) mass is 141 g/mol. The average Bonchev–Trinajstić information content (AvgIpc) is 2.11. The van der Waals surface area contributed by atoms with Crippen LogP contribution in [0.3, 0.4) is 0 Å². The molecule has 1 aliphatic heterocycles. The molecule has 0 amide bonds. The van der Waals surface area contributed by atoms with Gasteiger partial charge in [-0.15, -0.1) is 0 Å². The molecule has 2 nitrogen and oxygen atoms in total. The average molecular weight is 141 g/mol. The standard InChI is InChI=1S/C8H15NO/c1-7-5-6-9(10-7)8(2,3)4/h5-7H,1-4H3. The third-order valence-corrected chi connectivity index (χ3v) is 1.43. The molecule has 0 radical (unpaired) electrons. The lowest BCUT2D eigenvalue weighted by molar-refractivity contribution is -0.173. The minimum absolute atomic E-state index is 0.0846. The number of hydrogen-bond acceptors (Lipinski definition) is 2. The zero-order valence-corrected chi connectivity index (χ0v) is 7.09. The number of nitrogens with zero attached hydrogens (tertiary/aromatic N) is 1. The highest BCUT2D eigenvalue weighted by Crippen LogP contribution is 2.20. The maximum atomic E-state index is 5.45. The fourth-order valence-electron chi connectivity index (χ4n) is 0.830. The fourth-order valence-corrected chi connectivity index (χ4v) is 0.830. The minimum Gasteiger partial charge on any atom is -0.266 e. The molecule has 1 rings (SSSR count). The van der Waals surface area contributed by atoms with Crippen molar-refractivity contribution < 1.29 is 4.84 Å². The van der Waals surface area contributed by atoms with E-state index in [-0.39, 0.29) is 11.6 Å². The highest BCUT2D eigenvalue weighted by molar-refractivity contribution is 4.94. The molecule has 10 heavy (non-hydrogen) atoms. The maximum Gasteiger partial charge on any atom is 0.103 e. The number of hydrogen-bond donors (Lipinski definition) is 0. The minimum atomic E-state index is 0.0846. The van der Waals surface area contributed by atoms with Crippen molar-refractivity contribution in [2.24, 2.45) is 0 Å². The topological polar surface area (TPSA) is 12.5 Å². The van der Waals surface area contributed by atoms with Crippen LogP contribution in [0.25, 0.3) is 0 Å². The van der Waals surface area contributed by atoms with Crippen LogP contribution in [0.4, 0.5) is 0 Å². The molecule has 2 heteroatoms. The summed E-state index contributed by atoms with van der Waals surface area (Å²) in [5.41, 5.74) is 0.0846. The summed E-state index contributed by atoms with van der Waals surface area (Å²) in [5.74, 6) is 0. The Labute approximate surface area is 62.4 Å². The molecule has 0 aromatic heterocycles. The van der Waals surface area contributed by atoms with Crippen molar-refractivity contribution in [3.63, 3.8) is 0 Å². The first-order valence-corrected chi connectivity index (χ1v) is 3.64. The molecule has 1 atom stereocenters. The van der Waals surface area contributed by atoms with Gasteiger partial charge in [0.15, 0.2) is 0 Å². The molecule has 1 aliphatic rings. The van der Waals surface area contributed by atoms with Gasteiger partial charge >= 0.3 is 0 Å². The van der Waals surface area contributed by atoms with Crippen LogP contribution in [0.2, 0.25) is 0 Å². The quantitative estimate of drug-likeness (QED) is 0.511. The molecule has 0 saturated carbocycles. The molecule has 1 unspecified atom stereocenters. The first kappa shape index (κ1) is 7.61. The van der Waals surface area contributed by atoms with Gasteiger partial charge in [0.1, 0.15) is 6.10 Å². The van der Waals surface area contributed by atoms with E-state index in [2.05, 4.69) is 20.8 Å². The van der Waals surface area contributed by atoms with Gasteiger partial charge in [0.2, 0.25) is 0 Å². The van der Waals surface area contributed by atoms with E-state index < -0.39 is 0 Å². The first-order chi connectivity index (χ1) is 4.50. The summed E-state index contributed by atoms with van der Waals surface area (Å²) in [6.45, 7) is 8.39. The van der Waals surface area contributed by atoms with Crippen molar-refractivity contribution in [1.29, 1.82) is 0 Å². The summed E-state index contributed by atoms with van der Waals surface area (Å²) >= 11 is 0. The highest BCUT2D eigenvalue weighted by atomic mass is 16.7. The molecule has 1 heterocycles. The maximum absolute atomic E-state index is 5.45. The van der Waals surface area contributed by atoms with Crippen LogP contribution in [0, 0.1) is 0 Å². The van der Waals surface area contributed by atoms with Crippen molar-refractivity contribution in [2.75, 3.05) is 0 Å². The Kier molecular flexibility index (Phi) is 1.73. The zero-order chi connectivity index (χ0) is 7.78. The Balaban J connectivity index is 2.55. The summed E-state index contributed by atoms with van der Waals surface area (Å²) in [6, 6.07) is 0. The summed E-state index contributed by atoms with van der Waals surface area (Å²) in [7, 11) is 0. The van der Waals surface area contributed by atoms with E-state index in [9.17, 15) is 0 Å². The van der Waals surface area contributed by atoms with Crippen LogP contribution >= 0.6 is 0 Å². The predicted molar refractivity (Wildman–Crippen MR) is 41.3 cm³/mol. The van der Waals surface area contributed by atoms with Crippen molar-refractivity contribution in [3.05, 3.63) is 12.3 Å². The largest absolute Gasteiger partial charge is 0.266 e. The predicted octanol–water partition coefficient (Wildman–Crippen LogP) is 1.93. The van der Waals surface area contributed by atoms with Crippen LogP contribution in [-0.4, -0.2) is 16.7 Å². The van der Waals surface area contributed by atoms with Crippen molar-refractivity contribution in [1.82, 2.24) is 5.06 Å². The Bertz CT molecular complexity index is 146. The molecule has 0 saturated heterocycles. The molecule has 0 N–H and O–H groups in total. The molecule has 0 aromatic rings. The van der Waals surface area contributed by atoms with E-state index >= 15 is 0 Å². The zero-order valence-electron chi connectivity index (χ0n) is 7.09. The Hall–Kier alpha value is -0.500. The third kappa shape index (κ3) is 1.51. The molecule has 0 fully saturated rings. The SMILES string of the molecule is CC1C=CN(C(C)(C)C)O1. The lowest BCUT2D eigenvalue weighted by Crippen LogP contribution is -2.35. The molecular weight excluding hydrogens is 126 g/mol. The van der Waals surface area contributed by atoms with Gasteiger partial charge in [-0.1, -0.05) is 0 Å². The van der Waals surface area contributed by atoms with Crippen LogP contribution in [0.5, 0.6) is 0 Å². The van der Waals surface area contributed by atoms with Crippen molar-refractivity contribution >= 4 is 0 Å². The van der Waals surface area contributed by atoms with Crippen molar-refractivity contribution in [2.45, 2.75) is 39.3 Å². The lowest BCUT2D eigenvalue weighted by atomic mass is 10.1. The Morgan fingerprint density at radius 2 is 2.00 bits per heavy atom. The summed E-state index contributed by atoms with van der Waals surface area (Å²) in [4.78, 5) is 5.45. The van der Waals surface area contributed by atoms with Crippen LogP contribution in [-0.2, 0) is 4.84 Å². The smallest absolute Gasteiger partial charge is 0.103 e. The summed E-state index contributed by atoms with van der Waals surface area (Å²) < 4.78 is 0. The molecular formula is C8H15NO. The summed E-state index contributed by atoms with van der Waals surface area (Å²) in [5, 5.41) is 1.89. The van der Waals surface area contributed by atoms with E-state index in [1.165, 1.54) is 0 Å².